The Morgan fingerprint density at radius 1 is 1.38 bits per heavy atom. The van der Waals surface area contributed by atoms with Crippen molar-refractivity contribution in [2.24, 2.45) is 20.0 Å². The van der Waals surface area contributed by atoms with Gasteiger partial charge in [-0.25, -0.2) is 9.89 Å². The van der Waals surface area contributed by atoms with Crippen molar-refractivity contribution in [3.8, 4) is 0 Å². The van der Waals surface area contributed by atoms with Crippen LogP contribution in [0.4, 0.5) is 0 Å². The quantitative estimate of drug-likeness (QED) is 0.860. The molecule has 3 rings (SSSR count). The topological polar surface area (TPSA) is 97.6 Å². The molecule has 0 spiro atoms. The third-order valence-corrected chi connectivity index (χ3v) is 5.12. The number of aromatic amines is 1. The smallest absolute Gasteiger partial charge is 0.343 e. The minimum Gasteiger partial charge on any atom is -0.349 e. The first-order chi connectivity index (χ1) is 11.5. The molecule has 2 atom stereocenters. The van der Waals surface area contributed by atoms with E-state index in [0.29, 0.717) is 12.0 Å². The first-order valence-corrected chi connectivity index (χ1v) is 8.37. The Hall–Kier alpha value is -2.38. The molecule has 1 saturated carbocycles. The summed E-state index contributed by atoms with van der Waals surface area (Å²) in [6.07, 6.45) is 6.52. The number of H-pyrrole nitrogens is 1. The highest BCUT2D eigenvalue weighted by atomic mass is 16.2. The van der Waals surface area contributed by atoms with Crippen molar-refractivity contribution in [3.63, 3.8) is 0 Å². The number of amides is 1. The lowest BCUT2D eigenvalue weighted by molar-refractivity contribution is 0.0904. The van der Waals surface area contributed by atoms with Gasteiger partial charge in [0.15, 0.2) is 0 Å². The van der Waals surface area contributed by atoms with E-state index in [9.17, 15) is 9.59 Å². The Bertz CT molecular complexity index is 787. The summed E-state index contributed by atoms with van der Waals surface area (Å²) in [5.74, 6) is 0.950. The zero-order chi connectivity index (χ0) is 17.3. The van der Waals surface area contributed by atoms with E-state index in [1.54, 1.807) is 22.5 Å². The van der Waals surface area contributed by atoms with E-state index >= 15 is 0 Å². The van der Waals surface area contributed by atoms with Gasteiger partial charge < -0.3 is 5.32 Å². The average Bonchev–Trinajstić information content (AvgIpc) is 3.06. The van der Waals surface area contributed by atoms with Crippen LogP contribution >= 0.6 is 0 Å². The van der Waals surface area contributed by atoms with Gasteiger partial charge in [-0.1, -0.05) is 12.8 Å². The van der Waals surface area contributed by atoms with E-state index in [-0.39, 0.29) is 23.6 Å². The van der Waals surface area contributed by atoms with Crippen LogP contribution in [0.2, 0.25) is 0 Å². The fourth-order valence-corrected chi connectivity index (χ4v) is 3.41. The van der Waals surface area contributed by atoms with Crippen molar-refractivity contribution in [2.45, 2.75) is 45.1 Å². The first-order valence-electron chi connectivity index (χ1n) is 8.37. The zero-order valence-corrected chi connectivity index (χ0v) is 14.4. The van der Waals surface area contributed by atoms with Crippen LogP contribution < -0.4 is 11.0 Å². The van der Waals surface area contributed by atoms with Crippen LogP contribution in [0.5, 0.6) is 0 Å². The number of hydrogen-bond acceptors (Lipinski definition) is 4. The highest BCUT2D eigenvalue weighted by Gasteiger charge is 2.29. The van der Waals surface area contributed by atoms with E-state index < -0.39 is 0 Å². The van der Waals surface area contributed by atoms with Crippen LogP contribution in [0.25, 0.3) is 0 Å². The largest absolute Gasteiger partial charge is 0.349 e. The first kappa shape index (κ1) is 16.5. The summed E-state index contributed by atoms with van der Waals surface area (Å²) >= 11 is 0. The minimum absolute atomic E-state index is 0.0755. The second-order valence-electron chi connectivity index (χ2n) is 6.60. The molecule has 2 aromatic rings. The molecular weight excluding hydrogens is 308 g/mol. The predicted molar refractivity (Wildman–Crippen MR) is 88.7 cm³/mol. The standard InChI is InChI=1S/C16H24N6O2/c1-10-12(9-17-22(10)3)15(23)18-13-7-5-4-6-11(13)8-14-19-20-16(24)21(14)2/h9,11,13H,4-8H2,1-3H3,(H,18,23)(H,20,24)/t11-,13-/m1/s1. The summed E-state index contributed by atoms with van der Waals surface area (Å²) in [4.78, 5) is 24.1. The number of nitrogens with zero attached hydrogens (tertiary/aromatic N) is 4. The molecule has 0 aromatic carbocycles. The number of carbonyl (C=O) groups is 1. The maximum Gasteiger partial charge on any atom is 0.343 e. The van der Waals surface area contributed by atoms with E-state index in [4.69, 9.17) is 0 Å². The van der Waals surface area contributed by atoms with Gasteiger partial charge in [0, 0.05) is 32.3 Å². The predicted octanol–water partition coefficient (Wildman–Crippen LogP) is 0.682. The molecule has 0 aliphatic heterocycles. The fraction of sp³-hybridized carbons (Fsp3) is 0.625. The second-order valence-corrected chi connectivity index (χ2v) is 6.60. The van der Waals surface area contributed by atoms with Crippen LogP contribution in [0.1, 0.15) is 47.6 Å². The van der Waals surface area contributed by atoms with Gasteiger partial charge in [0.05, 0.1) is 11.8 Å². The Morgan fingerprint density at radius 2 is 2.12 bits per heavy atom. The number of aromatic nitrogens is 5. The van der Waals surface area contributed by atoms with Crippen LogP contribution in [0.15, 0.2) is 11.0 Å². The maximum atomic E-state index is 12.6. The van der Waals surface area contributed by atoms with E-state index in [1.807, 2.05) is 14.0 Å². The molecule has 1 fully saturated rings. The lowest BCUT2D eigenvalue weighted by Crippen LogP contribution is -2.43. The van der Waals surface area contributed by atoms with Crippen LogP contribution in [0.3, 0.4) is 0 Å². The van der Waals surface area contributed by atoms with Gasteiger partial charge in [-0.05, 0) is 25.7 Å². The molecule has 0 bridgehead atoms. The highest BCUT2D eigenvalue weighted by Crippen LogP contribution is 2.27. The molecule has 2 heterocycles. The highest BCUT2D eigenvalue weighted by molar-refractivity contribution is 5.95. The monoisotopic (exact) mass is 332 g/mol. The van der Waals surface area contributed by atoms with E-state index in [1.165, 1.54) is 0 Å². The Morgan fingerprint density at radius 3 is 2.75 bits per heavy atom. The molecule has 1 aliphatic carbocycles. The SMILES string of the molecule is Cc1c(C(=O)N[C@@H]2CCCC[C@@H]2Cc2n[nH]c(=O)n2C)cnn1C. The van der Waals surface area contributed by atoms with Crippen molar-refractivity contribution in [2.75, 3.05) is 0 Å². The molecule has 1 aliphatic rings. The van der Waals surface area contributed by atoms with Crippen LogP contribution in [-0.4, -0.2) is 36.5 Å². The van der Waals surface area contributed by atoms with Crippen molar-refractivity contribution in [3.05, 3.63) is 33.8 Å². The summed E-state index contributed by atoms with van der Waals surface area (Å²) in [6, 6.07) is 0.0951. The molecule has 0 saturated heterocycles. The molecule has 24 heavy (non-hydrogen) atoms. The van der Waals surface area contributed by atoms with Gasteiger partial charge in [-0.3, -0.25) is 14.0 Å². The minimum atomic E-state index is -0.202. The lowest BCUT2D eigenvalue weighted by atomic mass is 9.82. The van der Waals surface area contributed by atoms with Crippen molar-refractivity contribution < 1.29 is 4.79 Å². The fourth-order valence-electron chi connectivity index (χ4n) is 3.41. The lowest BCUT2D eigenvalue weighted by Gasteiger charge is -2.32. The number of nitrogens with one attached hydrogen (secondary N) is 2. The third kappa shape index (κ3) is 3.13. The zero-order valence-electron chi connectivity index (χ0n) is 14.4. The molecule has 0 radical (unpaired) electrons. The Kier molecular flexibility index (Phi) is 4.55. The molecule has 1 amide bonds. The number of aryl methyl sites for hydroxylation is 1. The third-order valence-electron chi connectivity index (χ3n) is 5.12. The molecular formula is C16H24N6O2. The summed E-state index contributed by atoms with van der Waals surface area (Å²) in [5, 5.41) is 13.9. The van der Waals surface area contributed by atoms with Gasteiger partial charge in [-0.15, -0.1) is 0 Å². The van der Waals surface area contributed by atoms with E-state index in [2.05, 4.69) is 20.6 Å². The van der Waals surface area contributed by atoms with Crippen molar-refractivity contribution >= 4 is 5.91 Å². The molecule has 130 valence electrons. The van der Waals surface area contributed by atoms with Crippen LogP contribution in [-0.2, 0) is 20.5 Å². The van der Waals surface area contributed by atoms with Crippen molar-refractivity contribution in [1.29, 1.82) is 0 Å². The second kappa shape index (κ2) is 6.62. The summed E-state index contributed by atoms with van der Waals surface area (Å²) in [7, 11) is 3.55. The summed E-state index contributed by atoms with van der Waals surface area (Å²) in [5.41, 5.74) is 1.27. The van der Waals surface area contributed by atoms with E-state index in [0.717, 1.165) is 37.2 Å². The van der Waals surface area contributed by atoms with Crippen molar-refractivity contribution in [1.82, 2.24) is 29.9 Å². The molecule has 2 aromatic heterocycles. The normalized spacial score (nSPS) is 21.0. The Labute approximate surface area is 140 Å². The molecule has 8 heteroatoms. The van der Waals surface area contributed by atoms with Crippen LogP contribution in [0, 0.1) is 12.8 Å². The molecule has 8 nitrogen and oxygen atoms in total. The molecule has 0 unspecified atom stereocenters. The van der Waals surface area contributed by atoms with Gasteiger partial charge >= 0.3 is 5.69 Å². The van der Waals surface area contributed by atoms with Gasteiger partial charge in [0.2, 0.25) is 0 Å². The number of hydrogen-bond donors (Lipinski definition) is 2. The summed E-state index contributed by atoms with van der Waals surface area (Å²) in [6.45, 7) is 1.89. The summed E-state index contributed by atoms with van der Waals surface area (Å²) < 4.78 is 3.24. The average molecular weight is 332 g/mol. The van der Waals surface area contributed by atoms with Gasteiger partial charge in [0.25, 0.3) is 5.91 Å². The molecule has 2 N–H and O–H groups in total. The maximum absolute atomic E-state index is 12.6. The number of rotatable bonds is 4. The number of carbonyl (C=O) groups excluding carboxylic acids is 1. The van der Waals surface area contributed by atoms with Gasteiger partial charge in [0.1, 0.15) is 5.82 Å². The Balaban J connectivity index is 1.72. The van der Waals surface area contributed by atoms with Gasteiger partial charge in [-0.2, -0.15) is 10.2 Å².